The molecule has 0 spiro atoms. The first-order valence-corrected chi connectivity index (χ1v) is 9.67. The first-order chi connectivity index (χ1) is 12.1. The van der Waals surface area contributed by atoms with Gasteiger partial charge in [0.05, 0.1) is 13.2 Å². The molecule has 0 unspecified atom stereocenters. The molecule has 0 aliphatic rings. The second kappa shape index (κ2) is 10.7. The summed E-state index contributed by atoms with van der Waals surface area (Å²) in [7, 11) is 0. The molecule has 0 aromatic heterocycles. The largest absolute Gasteiger partial charge is 0.411 e. The summed E-state index contributed by atoms with van der Waals surface area (Å²) in [6.07, 6.45) is -2.22. The lowest BCUT2D eigenvalue weighted by atomic mass is 10.1. The average Bonchev–Trinajstić information content (AvgIpc) is 2.57. The summed E-state index contributed by atoms with van der Waals surface area (Å²) in [5, 5.41) is 6.53. The van der Waals surface area contributed by atoms with Gasteiger partial charge < -0.3 is 15.4 Å². The van der Waals surface area contributed by atoms with E-state index in [-0.39, 0.29) is 11.4 Å². The van der Waals surface area contributed by atoms with Crippen LogP contribution in [0.5, 0.6) is 0 Å². The van der Waals surface area contributed by atoms with E-state index in [0.717, 1.165) is 24.6 Å². The standard InChI is InChI=1S/C18H28F3N3OS/c1-5-22-16(24-12-17(2,3)26-4)23-10-14-6-8-15(9-7-14)11-25-13-18(19,20)21/h6-9H,5,10-13H2,1-4H3,(H2,22,23,24). The average molecular weight is 392 g/mol. The highest BCUT2D eigenvalue weighted by atomic mass is 32.2. The van der Waals surface area contributed by atoms with Gasteiger partial charge in [0, 0.05) is 17.8 Å². The molecule has 0 fully saturated rings. The van der Waals surface area contributed by atoms with E-state index >= 15 is 0 Å². The van der Waals surface area contributed by atoms with Crippen LogP contribution in [0.25, 0.3) is 0 Å². The van der Waals surface area contributed by atoms with Gasteiger partial charge in [-0.25, -0.2) is 4.99 Å². The molecule has 0 atom stereocenters. The molecule has 0 heterocycles. The first kappa shape index (κ1) is 22.6. The van der Waals surface area contributed by atoms with E-state index in [2.05, 4.69) is 40.5 Å². The van der Waals surface area contributed by atoms with Gasteiger partial charge in [-0.2, -0.15) is 24.9 Å². The maximum Gasteiger partial charge on any atom is 0.411 e. The lowest BCUT2D eigenvalue weighted by Crippen LogP contribution is -2.43. The van der Waals surface area contributed by atoms with Gasteiger partial charge in [-0.05, 0) is 38.2 Å². The van der Waals surface area contributed by atoms with Crippen molar-refractivity contribution in [1.29, 1.82) is 0 Å². The van der Waals surface area contributed by atoms with Crippen LogP contribution in [0.15, 0.2) is 29.3 Å². The predicted molar refractivity (Wildman–Crippen MR) is 103 cm³/mol. The van der Waals surface area contributed by atoms with Gasteiger partial charge in [0.1, 0.15) is 6.61 Å². The Bertz CT molecular complexity index is 560. The van der Waals surface area contributed by atoms with Gasteiger partial charge in [-0.3, -0.25) is 0 Å². The Balaban J connectivity index is 2.55. The molecule has 1 aromatic rings. The van der Waals surface area contributed by atoms with Crippen LogP contribution in [0.3, 0.4) is 0 Å². The number of benzene rings is 1. The Hall–Kier alpha value is -1.41. The number of alkyl halides is 3. The smallest absolute Gasteiger partial charge is 0.367 e. The van der Waals surface area contributed by atoms with Gasteiger partial charge in [-0.15, -0.1) is 0 Å². The van der Waals surface area contributed by atoms with Crippen LogP contribution >= 0.6 is 11.8 Å². The van der Waals surface area contributed by atoms with Crippen LogP contribution in [0.4, 0.5) is 13.2 Å². The number of nitrogens with one attached hydrogen (secondary N) is 2. The Morgan fingerprint density at radius 2 is 1.73 bits per heavy atom. The van der Waals surface area contributed by atoms with Crippen molar-refractivity contribution in [2.45, 2.75) is 44.8 Å². The van der Waals surface area contributed by atoms with E-state index < -0.39 is 12.8 Å². The van der Waals surface area contributed by atoms with Crippen LogP contribution in [0.2, 0.25) is 0 Å². The zero-order valence-electron chi connectivity index (χ0n) is 15.7. The van der Waals surface area contributed by atoms with Crippen LogP contribution in [0, 0.1) is 0 Å². The number of ether oxygens (including phenoxy) is 1. The fourth-order valence-electron chi connectivity index (χ4n) is 1.91. The zero-order chi connectivity index (χ0) is 19.6. The van der Waals surface area contributed by atoms with Crippen molar-refractivity contribution in [2.75, 3.05) is 26.0 Å². The van der Waals surface area contributed by atoms with E-state index in [4.69, 9.17) is 0 Å². The van der Waals surface area contributed by atoms with Gasteiger partial charge in [0.25, 0.3) is 0 Å². The number of hydrogen-bond acceptors (Lipinski definition) is 3. The topological polar surface area (TPSA) is 45.7 Å². The fourth-order valence-corrected chi connectivity index (χ4v) is 2.12. The fraction of sp³-hybridized carbons (Fsp3) is 0.611. The molecule has 1 rings (SSSR count). The molecular formula is C18H28F3N3OS. The summed E-state index contributed by atoms with van der Waals surface area (Å²) in [6.45, 7) is 7.07. The molecule has 26 heavy (non-hydrogen) atoms. The normalized spacial score (nSPS) is 13.0. The molecule has 4 nitrogen and oxygen atoms in total. The molecule has 8 heteroatoms. The van der Waals surface area contributed by atoms with Crippen LogP contribution in [0.1, 0.15) is 31.9 Å². The molecule has 0 amide bonds. The molecule has 0 saturated carbocycles. The van der Waals surface area contributed by atoms with Gasteiger partial charge in [-0.1, -0.05) is 24.3 Å². The van der Waals surface area contributed by atoms with E-state index in [0.29, 0.717) is 12.1 Å². The maximum atomic E-state index is 12.1. The SMILES string of the molecule is CCNC(=NCc1ccc(COCC(F)(F)F)cc1)NCC(C)(C)SC. The van der Waals surface area contributed by atoms with Crippen molar-refractivity contribution in [1.82, 2.24) is 10.6 Å². The summed E-state index contributed by atoms with van der Waals surface area (Å²) < 4.78 is 41.0. The highest BCUT2D eigenvalue weighted by Gasteiger charge is 2.27. The lowest BCUT2D eigenvalue weighted by molar-refractivity contribution is -0.176. The lowest BCUT2D eigenvalue weighted by Gasteiger charge is -2.23. The molecule has 0 saturated heterocycles. The van der Waals surface area contributed by atoms with Gasteiger partial charge in [0.15, 0.2) is 5.96 Å². The number of rotatable bonds is 9. The third-order valence-electron chi connectivity index (χ3n) is 3.56. The van der Waals surface area contributed by atoms with Crippen molar-refractivity contribution in [2.24, 2.45) is 4.99 Å². The molecule has 0 bridgehead atoms. The highest BCUT2D eigenvalue weighted by Crippen LogP contribution is 2.19. The number of nitrogens with zero attached hydrogens (tertiary/aromatic N) is 1. The number of guanidine groups is 1. The Morgan fingerprint density at radius 1 is 1.12 bits per heavy atom. The Kier molecular flexibility index (Phi) is 9.29. The Morgan fingerprint density at radius 3 is 2.27 bits per heavy atom. The van der Waals surface area contributed by atoms with Crippen molar-refractivity contribution in [3.05, 3.63) is 35.4 Å². The number of thioether (sulfide) groups is 1. The summed E-state index contributed by atoms with van der Waals surface area (Å²) in [4.78, 5) is 4.55. The second-order valence-electron chi connectivity index (χ2n) is 6.44. The molecule has 1 aromatic carbocycles. The van der Waals surface area contributed by atoms with E-state index in [1.807, 2.05) is 19.1 Å². The van der Waals surface area contributed by atoms with Crippen LogP contribution < -0.4 is 10.6 Å². The van der Waals surface area contributed by atoms with Crippen molar-refractivity contribution >= 4 is 17.7 Å². The van der Waals surface area contributed by atoms with Crippen molar-refractivity contribution < 1.29 is 17.9 Å². The molecule has 148 valence electrons. The molecular weight excluding hydrogens is 363 g/mol. The molecule has 2 N–H and O–H groups in total. The summed E-state index contributed by atoms with van der Waals surface area (Å²) in [5.41, 5.74) is 1.68. The van der Waals surface area contributed by atoms with Crippen molar-refractivity contribution in [3.8, 4) is 0 Å². The third-order valence-corrected chi connectivity index (χ3v) is 4.81. The Labute approximate surface area is 158 Å². The van der Waals surface area contributed by atoms with E-state index in [9.17, 15) is 13.2 Å². The predicted octanol–water partition coefficient (Wildman–Crippen LogP) is 3.96. The van der Waals surface area contributed by atoms with Crippen LogP contribution in [-0.2, 0) is 17.9 Å². The summed E-state index contributed by atoms with van der Waals surface area (Å²) in [5.74, 6) is 0.743. The molecule has 0 aliphatic carbocycles. The minimum Gasteiger partial charge on any atom is -0.367 e. The first-order valence-electron chi connectivity index (χ1n) is 8.45. The van der Waals surface area contributed by atoms with Crippen molar-refractivity contribution in [3.63, 3.8) is 0 Å². The monoisotopic (exact) mass is 391 g/mol. The van der Waals surface area contributed by atoms with Crippen LogP contribution in [-0.4, -0.2) is 42.8 Å². The highest BCUT2D eigenvalue weighted by molar-refractivity contribution is 7.99. The van der Waals surface area contributed by atoms with Gasteiger partial charge >= 0.3 is 6.18 Å². The minimum absolute atomic E-state index is 0.0585. The second-order valence-corrected chi connectivity index (χ2v) is 7.95. The number of halogens is 3. The number of hydrogen-bond donors (Lipinski definition) is 2. The molecule has 0 aliphatic heterocycles. The molecule has 0 radical (unpaired) electrons. The van der Waals surface area contributed by atoms with E-state index in [1.54, 1.807) is 23.9 Å². The third kappa shape index (κ3) is 9.91. The summed E-state index contributed by atoms with van der Waals surface area (Å²) >= 11 is 1.78. The maximum absolute atomic E-state index is 12.1. The quantitative estimate of drug-likeness (QED) is 0.494. The minimum atomic E-state index is -4.30. The number of aliphatic imine (C=N–C) groups is 1. The van der Waals surface area contributed by atoms with Gasteiger partial charge in [0.2, 0.25) is 0 Å². The zero-order valence-corrected chi connectivity index (χ0v) is 16.6. The van der Waals surface area contributed by atoms with E-state index in [1.165, 1.54) is 0 Å². The summed E-state index contributed by atoms with van der Waals surface area (Å²) in [6, 6.07) is 7.23.